The number of hydrogen-bond acceptors (Lipinski definition) is 6. The van der Waals surface area contributed by atoms with Gasteiger partial charge in [0.2, 0.25) is 0 Å². The first kappa shape index (κ1) is 17.9. The Hall–Kier alpha value is -2.93. The van der Waals surface area contributed by atoms with Gasteiger partial charge in [0.15, 0.2) is 6.61 Å². The van der Waals surface area contributed by atoms with Crippen molar-refractivity contribution in [3.8, 4) is 5.75 Å². The molecule has 0 fully saturated rings. The number of carbonyl (C=O) groups excluding carboxylic acids is 2. The molecule has 134 valence electrons. The van der Waals surface area contributed by atoms with Gasteiger partial charge in [0.1, 0.15) is 16.3 Å². The molecule has 2 aromatic carbocycles. The molecule has 26 heavy (non-hydrogen) atoms. The van der Waals surface area contributed by atoms with Crippen LogP contribution in [0.3, 0.4) is 0 Å². The van der Waals surface area contributed by atoms with E-state index in [1.807, 2.05) is 24.3 Å². The normalized spacial score (nSPS) is 10.7. The lowest BCUT2D eigenvalue weighted by Gasteiger charge is -2.15. The third-order valence-electron chi connectivity index (χ3n) is 3.84. The molecule has 0 atom stereocenters. The zero-order chi connectivity index (χ0) is 18.7. The second kappa shape index (κ2) is 7.53. The number of nitrogens with zero attached hydrogens (tertiary/aromatic N) is 2. The van der Waals surface area contributed by atoms with Crippen molar-refractivity contribution in [3.05, 3.63) is 58.6 Å². The largest absolute Gasteiger partial charge is 0.507 e. The number of hydrogen-bond donors (Lipinski definition) is 1. The molecule has 6 nitrogen and oxygen atoms in total. The van der Waals surface area contributed by atoms with Crippen molar-refractivity contribution in [2.45, 2.75) is 13.5 Å². The molecule has 0 saturated carbocycles. The van der Waals surface area contributed by atoms with Crippen molar-refractivity contribution in [2.24, 2.45) is 0 Å². The Labute approximate surface area is 154 Å². The highest BCUT2D eigenvalue weighted by molar-refractivity contribution is 7.18. The number of thiazole rings is 1. The molecule has 0 saturated heterocycles. The summed E-state index contributed by atoms with van der Waals surface area (Å²) < 4.78 is 6.08. The molecule has 1 aromatic heterocycles. The number of aryl methyl sites for hydroxylation is 1. The molecule has 7 heteroatoms. The number of phenolic OH excluding ortho intramolecular Hbond substituents is 1. The molecule has 0 spiro atoms. The highest BCUT2D eigenvalue weighted by atomic mass is 32.1. The van der Waals surface area contributed by atoms with Gasteiger partial charge in [0.05, 0.1) is 16.8 Å². The molecule has 1 amide bonds. The number of benzene rings is 2. The Morgan fingerprint density at radius 3 is 2.73 bits per heavy atom. The van der Waals surface area contributed by atoms with E-state index in [1.165, 1.54) is 28.4 Å². The van der Waals surface area contributed by atoms with Crippen molar-refractivity contribution in [1.29, 1.82) is 0 Å². The maximum atomic E-state index is 12.2. The van der Waals surface area contributed by atoms with Crippen LogP contribution < -0.4 is 0 Å². The number of aromatic nitrogens is 1. The fraction of sp³-hybridized carbons (Fsp3) is 0.211. The number of likely N-dealkylation sites (N-methyl/N-ethyl adjacent to an activating group) is 1. The van der Waals surface area contributed by atoms with Gasteiger partial charge < -0.3 is 14.7 Å². The third-order valence-corrected chi connectivity index (χ3v) is 4.86. The summed E-state index contributed by atoms with van der Waals surface area (Å²) in [6.45, 7) is 1.74. The molecule has 0 aliphatic heterocycles. The number of ether oxygens (including phenoxy) is 1. The topological polar surface area (TPSA) is 79.7 Å². The van der Waals surface area contributed by atoms with Crippen LogP contribution in [0.25, 0.3) is 10.2 Å². The van der Waals surface area contributed by atoms with E-state index in [0.717, 1.165) is 20.8 Å². The lowest BCUT2D eigenvalue weighted by molar-refractivity contribution is -0.133. The van der Waals surface area contributed by atoms with Crippen molar-refractivity contribution in [1.82, 2.24) is 9.88 Å². The molecule has 3 aromatic rings. The van der Waals surface area contributed by atoms with Gasteiger partial charge in [-0.1, -0.05) is 18.2 Å². The summed E-state index contributed by atoms with van der Waals surface area (Å²) in [6, 6.07) is 12.4. The van der Waals surface area contributed by atoms with Gasteiger partial charge in [-0.3, -0.25) is 4.79 Å². The number of aromatic hydroxyl groups is 1. The Balaban J connectivity index is 1.57. The van der Waals surface area contributed by atoms with Crippen LogP contribution in [0.4, 0.5) is 0 Å². The van der Waals surface area contributed by atoms with Gasteiger partial charge in [0, 0.05) is 7.05 Å². The molecule has 1 N–H and O–H groups in total. The Kier molecular flexibility index (Phi) is 5.18. The lowest BCUT2D eigenvalue weighted by atomic mass is 10.1. The SMILES string of the molecule is Cc1ccc(C(=O)OCC(=O)N(C)Cc2nc3ccccc3s2)c(O)c1. The Morgan fingerprint density at radius 2 is 2.00 bits per heavy atom. The van der Waals surface area contributed by atoms with Crippen LogP contribution >= 0.6 is 11.3 Å². The summed E-state index contributed by atoms with van der Waals surface area (Å²) in [6.07, 6.45) is 0. The molecule has 0 bridgehead atoms. The minimum Gasteiger partial charge on any atom is -0.507 e. The van der Waals surface area contributed by atoms with E-state index >= 15 is 0 Å². The van der Waals surface area contributed by atoms with Crippen molar-refractivity contribution >= 4 is 33.4 Å². The first-order valence-electron chi connectivity index (χ1n) is 7.99. The number of para-hydroxylation sites is 1. The van der Waals surface area contributed by atoms with Gasteiger partial charge in [-0.25, -0.2) is 9.78 Å². The second-order valence-corrected chi connectivity index (χ2v) is 7.04. The highest BCUT2D eigenvalue weighted by Gasteiger charge is 2.17. The predicted molar refractivity (Wildman–Crippen MR) is 99.2 cm³/mol. The number of carbonyl (C=O) groups is 2. The van der Waals surface area contributed by atoms with Crippen LogP contribution in [0.2, 0.25) is 0 Å². The van der Waals surface area contributed by atoms with E-state index in [1.54, 1.807) is 20.0 Å². The first-order valence-corrected chi connectivity index (χ1v) is 8.81. The number of phenols is 1. The average Bonchev–Trinajstić information content (AvgIpc) is 3.01. The predicted octanol–water partition coefficient (Wildman–Crippen LogP) is 3.13. The summed E-state index contributed by atoms with van der Waals surface area (Å²) in [5.41, 5.74) is 1.76. The van der Waals surface area contributed by atoms with E-state index in [0.29, 0.717) is 6.54 Å². The number of amides is 1. The Morgan fingerprint density at radius 1 is 1.23 bits per heavy atom. The fourth-order valence-corrected chi connectivity index (χ4v) is 3.43. The van der Waals surface area contributed by atoms with Crippen molar-refractivity contribution < 1.29 is 19.4 Å². The zero-order valence-electron chi connectivity index (χ0n) is 14.4. The van der Waals surface area contributed by atoms with Crippen LogP contribution in [-0.4, -0.2) is 40.5 Å². The third kappa shape index (κ3) is 4.00. The van der Waals surface area contributed by atoms with Gasteiger partial charge in [-0.2, -0.15) is 0 Å². The molecule has 0 unspecified atom stereocenters. The van der Waals surface area contributed by atoms with Crippen molar-refractivity contribution in [2.75, 3.05) is 13.7 Å². The second-order valence-electron chi connectivity index (χ2n) is 5.92. The molecule has 3 rings (SSSR count). The number of fused-ring (bicyclic) bond motifs is 1. The van der Waals surface area contributed by atoms with E-state index in [-0.39, 0.29) is 17.2 Å². The minimum absolute atomic E-state index is 0.0391. The monoisotopic (exact) mass is 370 g/mol. The molecular formula is C19H18N2O4S. The molecular weight excluding hydrogens is 352 g/mol. The van der Waals surface area contributed by atoms with Crippen LogP contribution in [-0.2, 0) is 16.1 Å². The number of esters is 1. The van der Waals surface area contributed by atoms with Crippen molar-refractivity contribution in [3.63, 3.8) is 0 Å². The molecule has 1 heterocycles. The van der Waals surface area contributed by atoms with Crippen LogP contribution in [0.15, 0.2) is 42.5 Å². The van der Waals surface area contributed by atoms with Gasteiger partial charge in [0.25, 0.3) is 5.91 Å². The van der Waals surface area contributed by atoms with Crippen LogP contribution in [0, 0.1) is 6.92 Å². The summed E-state index contributed by atoms with van der Waals surface area (Å²) in [5.74, 6) is -1.24. The first-order chi connectivity index (χ1) is 12.4. The maximum Gasteiger partial charge on any atom is 0.342 e. The summed E-state index contributed by atoms with van der Waals surface area (Å²) in [4.78, 5) is 30.2. The summed E-state index contributed by atoms with van der Waals surface area (Å²) in [5, 5.41) is 10.6. The zero-order valence-corrected chi connectivity index (χ0v) is 15.2. The highest BCUT2D eigenvalue weighted by Crippen LogP contribution is 2.22. The minimum atomic E-state index is -0.732. The van der Waals surface area contributed by atoms with E-state index in [4.69, 9.17) is 4.74 Å². The van der Waals surface area contributed by atoms with E-state index < -0.39 is 12.6 Å². The van der Waals surface area contributed by atoms with Gasteiger partial charge >= 0.3 is 5.97 Å². The standard InChI is InChI=1S/C19H18N2O4S/c1-12-7-8-13(15(22)9-12)19(24)25-11-18(23)21(2)10-17-20-14-5-3-4-6-16(14)26-17/h3-9,22H,10-11H2,1-2H3. The molecule has 0 aliphatic carbocycles. The maximum absolute atomic E-state index is 12.2. The van der Waals surface area contributed by atoms with Crippen LogP contribution in [0.1, 0.15) is 20.9 Å². The lowest BCUT2D eigenvalue weighted by Crippen LogP contribution is -2.30. The molecule has 0 radical (unpaired) electrons. The average molecular weight is 370 g/mol. The van der Waals surface area contributed by atoms with E-state index in [9.17, 15) is 14.7 Å². The van der Waals surface area contributed by atoms with Gasteiger partial charge in [-0.05, 0) is 36.8 Å². The van der Waals surface area contributed by atoms with E-state index in [2.05, 4.69) is 4.98 Å². The summed E-state index contributed by atoms with van der Waals surface area (Å²) in [7, 11) is 1.63. The summed E-state index contributed by atoms with van der Waals surface area (Å²) >= 11 is 1.52. The fourth-order valence-electron chi connectivity index (χ4n) is 2.41. The quantitative estimate of drug-likeness (QED) is 0.698. The Bertz CT molecular complexity index is 934. The van der Waals surface area contributed by atoms with Gasteiger partial charge in [-0.15, -0.1) is 11.3 Å². The smallest absolute Gasteiger partial charge is 0.342 e. The van der Waals surface area contributed by atoms with Crippen LogP contribution in [0.5, 0.6) is 5.75 Å². The number of rotatable bonds is 5. The molecule has 0 aliphatic rings.